The summed E-state index contributed by atoms with van der Waals surface area (Å²) in [6.45, 7) is 15.7. The smallest absolute Gasteiger partial charge is 0.191 e. The van der Waals surface area contributed by atoms with Crippen molar-refractivity contribution < 1.29 is 9.53 Å². The Morgan fingerprint density at radius 3 is 1.93 bits per heavy atom. The maximum Gasteiger partial charge on any atom is 0.191 e. The molecule has 0 spiro atoms. The van der Waals surface area contributed by atoms with Crippen LogP contribution in [0.4, 0.5) is 0 Å². The zero-order valence-electron chi connectivity index (χ0n) is 11.5. The predicted octanol–water partition coefficient (Wildman–Crippen LogP) is 3.56. The van der Waals surface area contributed by atoms with E-state index in [1.54, 1.807) is 0 Å². The van der Waals surface area contributed by atoms with Crippen LogP contribution in [0.15, 0.2) is 0 Å². The van der Waals surface area contributed by atoms with E-state index in [9.17, 15) is 5.11 Å². The molecule has 0 heterocycles. The van der Waals surface area contributed by atoms with E-state index < -0.39 is 13.9 Å². The van der Waals surface area contributed by atoms with Crippen molar-refractivity contribution in [2.75, 3.05) is 6.61 Å². The van der Waals surface area contributed by atoms with Crippen LogP contribution >= 0.6 is 0 Å². The molecule has 0 fully saturated rings. The molecule has 0 saturated heterocycles. The van der Waals surface area contributed by atoms with Gasteiger partial charge in [0, 0.05) is 6.61 Å². The minimum absolute atomic E-state index is 0.255. The van der Waals surface area contributed by atoms with Gasteiger partial charge in [-0.05, 0) is 37.9 Å². The summed E-state index contributed by atoms with van der Waals surface area (Å²) in [6.07, 6.45) is 1.52. The van der Waals surface area contributed by atoms with Crippen molar-refractivity contribution in [3.05, 3.63) is 0 Å². The van der Waals surface area contributed by atoms with Crippen LogP contribution in [0.1, 0.15) is 47.5 Å². The molecule has 0 radical (unpaired) electrons. The Bertz CT molecular complexity index is 192. The fraction of sp³-hybridized carbons (Fsp3) is 1.00. The molecule has 0 aliphatic rings. The third-order valence-corrected chi connectivity index (χ3v) is 8.21. The van der Waals surface area contributed by atoms with E-state index in [0.717, 1.165) is 12.8 Å². The Balaban J connectivity index is 4.07. The van der Waals surface area contributed by atoms with Crippen LogP contribution < -0.4 is 0 Å². The molecule has 0 amide bonds. The summed E-state index contributed by atoms with van der Waals surface area (Å²) >= 11 is 0. The molecule has 0 aromatic rings. The van der Waals surface area contributed by atoms with Gasteiger partial charge in [0.1, 0.15) is 0 Å². The Hall–Kier alpha value is 0.137. The van der Waals surface area contributed by atoms with E-state index >= 15 is 0 Å². The van der Waals surface area contributed by atoms with Gasteiger partial charge in [-0.15, -0.1) is 0 Å². The summed E-state index contributed by atoms with van der Waals surface area (Å²) in [7, 11) is -1.63. The highest BCUT2D eigenvalue weighted by atomic mass is 28.4. The first-order chi connectivity index (χ1) is 6.52. The van der Waals surface area contributed by atoms with Crippen molar-refractivity contribution >= 4 is 8.32 Å². The van der Waals surface area contributed by atoms with Gasteiger partial charge >= 0.3 is 0 Å². The third-order valence-electron chi connectivity index (χ3n) is 3.67. The summed E-state index contributed by atoms with van der Waals surface area (Å²) in [5.74, 6) is 0. The number of rotatable bonds is 5. The summed E-state index contributed by atoms with van der Waals surface area (Å²) in [4.78, 5) is 0. The first-order valence-corrected chi connectivity index (χ1v) is 8.79. The van der Waals surface area contributed by atoms with E-state index in [4.69, 9.17) is 4.43 Å². The van der Waals surface area contributed by atoms with Crippen LogP contribution in [0.25, 0.3) is 0 Å². The van der Waals surface area contributed by atoms with E-state index in [1.165, 1.54) is 0 Å². The number of hydrogen-bond acceptors (Lipinski definition) is 2. The zero-order chi connectivity index (χ0) is 12.3. The van der Waals surface area contributed by atoms with Crippen molar-refractivity contribution in [2.45, 2.75) is 71.2 Å². The highest BCUT2D eigenvalue weighted by Gasteiger charge is 2.37. The average Bonchev–Trinajstić information content (AvgIpc) is 2.01. The van der Waals surface area contributed by atoms with Gasteiger partial charge in [0.15, 0.2) is 8.32 Å². The van der Waals surface area contributed by atoms with Gasteiger partial charge in [0.2, 0.25) is 0 Å². The lowest BCUT2D eigenvalue weighted by Crippen LogP contribution is -2.42. The van der Waals surface area contributed by atoms with Gasteiger partial charge in [-0.25, -0.2) is 0 Å². The van der Waals surface area contributed by atoms with Gasteiger partial charge < -0.3 is 9.53 Å². The van der Waals surface area contributed by atoms with Crippen LogP contribution in [0.2, 0.25) is 18.1 Å². The third kappa shape index (κ3) is 5.14. The van der Waals surface area contributed by atoms with Crippen molar-refractivity contribution in [3.8, 4) is 0 Å². The molecule has 1 unspecified atom stereocenters. The molecule has 0 bridgehead atoms. The summed E-state index contributed by atoms with van der Waals surface area (Å²) in [5.41, 5.74) is -0.567. The van der Waals surface area contributed by atoms with Crippen LogP contribution in [0.5, 0.6) is 0 Å². The van der Waals surface area contributed by atoms with Crippen molar-refractivity contribution in [2.24, 2.45) is 0 Å². The van der Waals surface area contributed by atoms with Crippen LogP contribution in [0.3, 0.4) is 0 Å². The van der Waals surface area contributed by atoms with Gasteiger partial charge in [-0.1, -0.05) is 27.7 Å². The fourth-order valence-electron chi connectivity index (χ4n) is 0.919. The summed E-state index contributed by atoms with van der Waals surface area (Å²) in [5, 5.41) is 10.1. The molecule has 92 valence electrons. The predicted molar refractivity (Wildman–Crippen MR) is 68.7 cm³/mol. The van der Waals surface area contributed by atoms with Crippen LogP contribution in [-0.2, 0) is 4.43 Å². The van der Waals surface area contributed by atoms with E-state index in [-0.39, 0.29) is 5.04 Å². The molecule has 15 heavy (non-hydrogen) atoms. The van der Waals surface area contributed by atoms with Gasteiger partial charge in [-0.2, -0.15) is 0 Å². The minimum Gasteiger partial charge on any atom is -0.417 e. The van der Waals surface area contributed by atoms with Gasteiger partial charge in [0.25, 0.3) is 0 Å². The molecule has 0 aromatic carbocycles. The van der Waals surface area contributed by atoms with Gasteiger partial charge in [0.05, 0.1) is 5.60 Å². The summed E-state index contributed by atoms with van der Waals surface area (Å²) in [6, 6.07) is 0. The second-order valence-electron chi connectivity index (χ2n) is 6.21. The lowest BCUT2D eigenvalue weighted by atomic mass is 10.0. The monoisotopic (exact) mass is 232 g/mol. The normalized spacial score (nSPS) is 17.6. The standard InChI is InChI=1S/C12H28O2Si/c1-8-12(5,13)9-10-14-15(6,7)11(2,3)4/h13H,8-10H2,1-7H3. The second-order valence-corrected chi connectivity index (χ2v) is 11.0. The Morgan fingerprint density at radius 2 is 1.60 bits per heavy atom. The minimum atomic E-state index is -1.63. The molecule has 2 nitrogen and oxygen atoms in total. The Kier molecular flexibility index (Phi) is 5.02. The molecule has 0 saturated carbocycles. The van der Waals surface area contributed by atoms with Gasteiger partial charge in [-0.3, -0.25) is 0 Å². The van der Waals surface area contributed by atoms with E-state index in [0.29, 0.717) is 6.61 Å². The lowest BCUT2D eigenvalue weighted by Gasteiger charge is -2.37. The molecule has 3 heteroatoms. The Morgan fingerprint density at radius 1 is 1.13 bits per heavy atom. The fourth-order valence-corrected chi connectivity index (χ4v) is 1.96. The van der Waals surface area contributed by atoms with E-state index in [2.05, 4.69) is 33.9 Å². The number of hydrogen-bond donors (Lipinski definition) is 1. The first-order valence-electron chi connectivity index (χ1n) is 5.88. The molecule has 0 aliphatic heterocycles. The van der Waals surface area contributed by atoms with Crippen molar-refractivity contribution in [1.29, 1.82) is 0 Å². The molecule has 0 aromatic heterocycles. The molecule has 1 N–H and O–H groups in total. The SMILES string of the molecule is CCC(C)(O)CCO[Si](C)(C)C(C)(C)C. The van der Waals surface area contributed by atoms with Crippen molar-refractivity contribution in [3.63, 3.8) is 0 Å². The maximum absolute atomic E-state index is 9.86. The maximum atomic E-state index is 9.86. The second kappa shape index (κ2) is 4.98. The molecule has 0 rings (SSSR count). The highest BCUT2D eigenvalue weighted by Crippen LogP contribution is 2.36. The average molecular weight is 232 g/mol. The van der Waals surface area contributed by atoms with Crippen molar-refractivity contribution in [1.82, 2.24) is 0 Å². The Labute approximate surface area is 96.2 Å². The molecular formula is C12H28O2Si. The highest BCUT2D eigenvalue weighted by molar-refractivity contribution is 6.74. The first kappa shape index (κ1) is 15.1. The topological polar surface area (TPSA) is 29.5 Å². The largest absolute Gasteiger partial charge is 0.417 e. The zero-order valence-corrected chi connectivity index (χ0v) is 12.5. The number of aliphatic hydroxyl groups is 1. The molecule has 1 atom stereocenters. The lowest BCUT2D eigenvalue weighted by molar-refractivity contribution is 0.0316. The molecular weight excluding hydrogens is 204 g/mol. The van der Waals surface area contributed by atoms with E-state index in [1.807, 2.05) is 13.8 Å². The van der Waals surface area contributed by atoms with Crippen LogP contribution in [0, 0.1) is 0 Å². The summed E-state index contributed by atoms with van der Waals surface area (Å²) < 4.78 is 6.01. The quantitative estimate of drug-likeness (QED) is 0.734. The van der Waals surface area contributed by atoms with Crippen LogP contribution in [-0.4, -0.2) is 25.6 Å². The molecule has 0 aliphatic carbocycles.